The van der Waals surface area contributed by atoms with Gasteiger partial charge in [-0.1, -0.05) is 6.58 Å². The molecule has 1 heterocycles. The van der Waals surface area contributed by atoms with E-state index in [9.17, 15) is 23.1 Å². The maximum atomic E-state index is 13.0. The average molecular weight is 265 g/mol. The third-order valence-corrected chi connectivity index (χ3v) is 2.31. The van der Waals surface area contributed by atoms with Crippen molar-refractivity contribution in [3.8, 4) is 0 Å². The van der Waals surface area contributed by atoms with E-state index in [4.69, 9.17) is 0 Å². The van der Waals surface area contributed by atoms with E-state index in [1.54, 1.807) is 0 Å². The Morgan fingerprint density at radius 2 is 2.11 bits per heavy atom. The first kappa shape index (κ1) is 14.2. The SMILES string of the molecule is C=C(C(=O)OC)[C@@](O)(c1ncnn1C)C(F)(F)F. The van der Waals surface area contributed by atoms with Crippen LogP contribution < -0.4 is 0 Å². The molecule has 6 nitrogen and oxygen atoms in total. The van der Waals surface area contributed by atoms with Crippen molar-refractivity contribution in [2.75, 3.05) is 7.11 Å². The van der Waals surface area contributed by atoms with Crippen LogP contribution in [0.5, 0.6) is 0 Å². The summed E-state index contributed by atoms with van der Waals surface area (Å²) in [5.74, 6) is -2.26. The van der Waals surface area contributed by atoms with Crippen LogP contribution in [-0.4, -0.2) is 39.1 Å². The van der Waals surface area contributed by atoms with Crippen molar-refractivity contribution < 1.29 is 27.8 Å². The molecule has 100 valence electrons. The highest BCUT2D eigenvalue weighted by Crippen LogP contribution is 2.42. The predicted octanol–water partition coefficient (Wildman–Crippen LogP) is 0.294. The van der Waals surface area contributed by atoms with Crippen molar-refractivity contribution >= 4 is 5.97 Å². The maximum Gasteiger partial charge on any atom is 0.429 e. The number of alkyl halides is 3. The first-order chi connectivity index (χ1) is 8.16. The predicted molar refractivity (Wildman–Crippen MR) is 52.1 cm³/mol. The van der Waals surface area contributed by atoms with E-state index < -0.39 is 29.1 Å². The highest BCUT2D eigenvalue weighted by Gasteiger charge is 2.61. The molecule has 0 aromatic carbocycles. The number of carbonyl (C=O) groups is 1. The molecule has 0 saturated heterocycles. The molecule has 0 radical (unpaired) electrons. The van der Waals surface area contributed by atoms with Crippen LogP contribution in [-0.2, 0) is 22.2 Å². The number of aliphatic hydroxyl groups is 1. The summed E-state index contributed by atoms with van der Waals surface area (Å²) in [6.45, 7) is 2.94. The van der Waals surface area contributed by atoms with Crippen LogP contribution in [0.2, 0.25) is 0 Å². The van der Waals surface area contributed by atoms with Crippen molar-refractivity contribution in [1.82, 2.24) is 14.8 Å². The number of aromatic nitrogens is 3. The van der Waals surface area contributed by atoms with Crippen LogP contribution in [0.25, 0.3) is 0 Å². The Hall–Kier alpha value is -1.90. The van der Waals surface area contributed by atoms with E-state index >= 15 is 0 Å². The van der Waals surface area contributed by atoms with Crippen LogP contribution in [0, 0.1) is 0 Å². The summed E-state index contributed by atoms with van der Waals surface area (Å²) < 4.78 is 43.8. The average Bonchev–Trinajstić information content (AvgIpc) is 2.71. The van der Waals surface area contributed by atoms with E-state index in [0.29, 0.717) is 4.68 Å². The standard InChI is InChI=1S/C9H10F3N3O3/c1-5(6(16)18-3)8(17,9(10,11)12)7-13-4-14-15(7)2/h4,17H,1H2,2-3H3/t8-/m1/s1. The Kier molecular flexibility index (Phi) is 3.47. The molecule has 0 saturated carbocycles. The van der Waals surface area contributed by atoms with Gasteiger partial charge in [-0.05, 0) is 0 Å². The first-order valence-electron chi connectivity index (χ1n) is 4.57. The van der Waals surface area contributed by atoms with Crippen LogP contribution in [0.3, 0.4) is 0 Å². The Morgan fingerprint density at radius 1 is 1.56 bits per heavy atom. The van der Waals surface area contributed by atoms with E-state index in [1.165, 1.54) is 0 Å². The summed E-state index contributed by atoms with van der Waals surface area (Å²) in [4.78, 5) is 14.5. The summed E-state index contributed by atoms with van der Waals surface area (Å²) >= 11 is 0. The van der Waals surface area contributed by atoms with Gasteiger partial charge in [0, 0.05) is 7.05 Å². The number of carbonyl (C=O) groups excluding carboxylic acids is 1. The van der Waals surface area contributed by atoms with Gasteiger partial charge in [0.25, 0.3) is 5.60 Å². The molecule has 0 amide bonds. The smallest absolute Gasteiger partial charge is 0.429 e. The number of ether oxygens (including phenoxy) is 1. The molecule has 1 aromatic heterocycles. The monoisotopic (exact) mass is 265 g/mol. The molecule has 1 N–H and O–H groups in total. The lowest BCUT2D eigenvalue weighted by Crippen LogP contribution is -2.48. The van der Waals surface area contributed by atoms with Crippen molar-refractivity contribution in [1.29, 1.82) is 0 Å². The van der Waals surface area contributed by atoms with Gasteiger partial charge in [-0.15, -0.1) is 0 Å². The fourth-order valence-corrected chi connectivity index (χ4v) is 1.33. The van der Waals surface area contributed by atoms with Crippen molar-refractivity contribution in [3.05, 3.63) is 24.3 Å². The zero-order chi connectivity index (χ0) is 14.1. The van der Waals surface area contributed by atoms with Gasteiger partial charge in [0.05, 0.1) is 12.7 Å². The summed E-state index contributed by atoms with van der Waals surface area (Å²) in [6.07, 6.45) is -4.38. The molecule has 18 heavy (non-hydrogen) atoms. The lowest BCUT2D eigenvalue weighted by Gasteiger charge is -2.29. The number of aryl methyl sites for hydroxylation is 1. The number of esters is 1. The van der Waals surface area contributed by atoms with Crippen molar-refractivity contribution in [2.24, 2.45) is 7.05 Å². The molecule has 0 fully saturated rings. The van der Waals surface area contributed by atoms with Gasteiger partial charge in [-0.25, -0.2) is 14.5 Å². The molecule has 0 aliphatic rings. The largest absolute Gasteiger partial charge is 0.466 e. The van der Waals surface area contributed by atoms with E-state index in [0.717, 1.165) is 20.5 Å². The second kappa shape index (κ2) is 4.41. The van der Waals surface area contributed by atoms with Crippen molar-refractivity contribution in [2.45, 2.75) is 11.8 Å². The molecule has 0 aliphatic carbocycles. The quantitative estimate of drug-likeness (QED) is 0.628. The molecule has 0 spiro atoms. The molecule has 1 atom stereocenters. The number of rotatable bonds is 3. The minimum absolute atomic E-state index is 0.696. The first-order valence-corrected chi connectivity index (χ1v) is 4.57. The molecule has 1 aromatic rings. The zero-order valence-electron chi connectivity index (χ0n) is 9.52. The topological polar surface area (TPSA) is 77.2 Å². The fourth-order valence-electron chi connectivity index (χ4n) is 1.33. The molecule has 0 bridgehead atoms. The number of nitrogens with zero attached hydrogens (tertiary/aromatic N) is 3. The normalized spacial score (nSPS) is 15.0. The van der Waals surface area contributed by atoms with Gasteiger partial charge in [-0.3, -0.25) is 0 Å². The van der Waals surface area contributed by atoms with Gasteiger partial charge < -0.3 is 9.84 Å². The van der Waals surface area contributed by atoms with E-state index in [2.05, 4.69) is 21.4 Å². The summed E-state index contributed by atoms with van der Waals surface area (Å²) in [5.41, 5.74) is -4.83. The second-order valence-corrected chi connectivity index (χ2v) is 3.39. The zero-order valence-corrected chi connectivity index (χ0v) is 9.52. The second-order valence-electron chi connectivity index (χ2n) is 3.39. The van der Waals surface area contributed by atoms with E-state index in [-0.39, 0.29) is 0 Å². The summed E-state index contributed by atoms with van der Waals surface area (Å²) in [5, 5.41) is 13.2. The lowest BCUT2D eigenvalue weighted by molar-refractivity contribution is -0.254. The minimum Gasteiger partial charge on any atom is -0.466 e. The Balaban J connectivity index is 3.43. The van der Waals surface area contributed by atoms with Gasteiger partial charge in [0.15, 0.2) is 5.82 Å². The molecule has 0 unspecified atom stereocenters. The Bertz CT molecular complexity index is 483. The van der Waals surface area contributed by atoms with Gasteiger partial charge in [0.1, 0.15) is 6.33 Å². The maximum absolute atomic E-state index is 13.0. The third kappa shape index (κ3) is 1.96. The van der Waals surface area contributed by atoms with Crippen LogP contribution in [0.1, 0.15) is 5.82 Å². The molecular formula is C9H10F3N3O3. The number of halogens is 3. The van der Waals surface area contributed by atoms with Crippen LogP contribution >= 0.6 is 0 Å². The number of methoxy groups -OCH3 is 1. The van der Waals surface area contributed by atoms with Crippen molar-refractivity contribution in [3.63, 3.8) is 0 Å². The minimum atomic E-state index is -5.20. The third-order valence-electron chi connectivity index (χ3n) is 2.31. The highest BCUT2D eigenvalue weighted by atomic mass is 19.4. The lowest BCUT2D eigenvalue weighted by atomic mass is 9.93. The Morgan fingerprint density at radius 3 is 2.44 bits per heavy atom. The molecule has 9 heteroatoms. The van der Waals surface area contributed by atoms with Gasteiger partial charge in [0.2, 0.25) is 0 Å². The highest BCUT2D eigenvalue weighted by molar-refractivity contribution is 5.90. The summed E-state index contributed by atoms with van der Waals surface area (Å²) in [7, 11) is 2.02. The van der Waals surface area contributed by atoms with Gasteiger partial charge in [-0.2, -0.15) is 18.3 Å². The van der Waals surface area contributed by atoms with E-state index in [1.807, 2.05) is 0 Å². The van der Waals surface area contributed by atoms with Crippen LogP contribution in [0.4, 0.5) is 13.2 Å². The fraction of sp³-hybridized carbons (Fsp3) is 0.444. The van der Waals surface area contributed by atoms with Crippen LogP contribution in [0.15, 0.2) is 18.5 Å². The number of hydrogen-bond acceptors (Lipinski definition) is 5. The molecule has 1 rings (SSSR count). The molecule has 0 aliphatic heterocycles. The number of hydrogen-bond donors (Lipinski definition) is 1. The summed E-state index contributed by atoms with van der Waals surface area (Å²) in [6, 6.07) is 0. The van der Waals surface area contributed by atoms with Gasteiger partial charge >= 0.3 is 12.1 Å². The molecular weight excluding hydrogens is 255 g/mol. The Labute approximate surface area is 99.7 Å².